The molecule has 132 valence electrons. The fourth-order valence-corrected chi connectivity index (χ4v) is 3.43. The zero-order chi connectivity index (χ0) is 18.1. The standard InChI is InChI=1S/C17H14FN5O2S/c18-10-1-2-12-11(7-10)13-9(3-4-19-15(24)14(13)22-12)8-21-16(25)23-17-20-5-6-26-17/h1-2,5-8,22H,3-4H2,(H,19,24)(H2,20,21,23,25)/b9-8+. The SMILES string of the molecule is O=C(N/C=C1\CCNC(=O)c2[nH]c3ccc(F)cc3c21)Nc1nccs1. The van der Waals surface area contributed by atoms with Gasteiger partial charge in [0, 0.05) is 40.8 Å². The maximum Gasteiger partial charge on any atom is 0.325 e. The van der Waals surface area contributed by atoms with Crippen LogP contribution in [0.5, 0.6) is 0 Å². The van der Waals surface area contributed by atoms with Crippen LogP contribution in [0.25, 0.3) is 16.5 Å². The van der Waals surface area contributed by atoms with E-state index >= 15 is 0 Å². The van der Waals surface area contributed by atoms with Crippen LogP contribution < -0.4 is 16.0 Å². The first-order chi connectivity index (χ1) is 12.6. The number of nitrogens with zero attached hydrogens (tertiary/aromatic N) is 1. The lowest BCUT2D eigenvalue weighted by Gasteiger charge is -2.06. The fourth-order valence-electron chi connectivity index (χ4n) is 2.91. The van der Waals surface area contributed by atoms with Crippen molar-refractivity contribution >= 4 is 44.9 Å². The van der Waals surface area contributed by atoms with Gasteiger partial charge in [-0.05, 0) is 30.2 Å². The Kier molecular flexibility index (Phi) is 4.13. The van der Waals surface area contributed by atoms with E-state index in [0.29, 0.717) is 40.3 Å². The molecule has 3 amide bonds. The van der Waals surface area contributed by atoms with Crippen molar-refractivity contribution in [1.82, 2.24) is 20.6 Å². The molecule has 0 unspecified atom stereocenters. The summed E-state index contributed by atoms with van der Waals surface area (Å²) >= 11 is 1.30. The minimum absolute atomic E-state index is 0.257. The maximum absolute atomic E-state index is 13.7. The summed E-state index contributed by atoms with van der Waals surface area (Å²) in [7, 11) is 0. The third kappa shape index (κ3) is 3.04. The average Bonchev–Trinajstić information content (AvgIpc) is 3.21. The van der Waals surface area contributed by atoms with Crippen LogP contribution in [0.2, 0.25) is 0 Å². The number of hydrogen-bond acceptors (Lipinski definition) is 4. The quantitative estimate of drug-likeness (QED) is 0.557. The summed E-state index contributed by atoms with van der Waals surface area (Å²) in [6.07, 6.45) is 3.63. The number of hydrogen-bond donors (Lipinski definition) is 4. The summed E-state index contributed by atoms with van der Waals surface area (Å²) in [5.41, 5.74) is 2.34. The van der Waals surface area contributed by atoms with Crippen molar-refractivity contribution in [2.75, 3.05) is 11.9 Å². The zero-order valence-corrected chi connectivity index (χ0v) is 14.2. The van der Waals surface area contributed by atoms with Gasteiger partial charge in [0.15, 0.2) is 5.13 Å². The molecule has 0 fully saturated rings. The third-order valence-corrected chi connectivity index (χ3v) is 4.71. The van der Waals surface area contributed by atoms with Crippen molar-refractivity contribution in [2.45, 2.75) is 6.42 Å². The second-order valence-corrected chi connectivity index (χ2v) is 6.57. The lowest BCUT2D eigenvalue weighted by molar-refractivity contribution is 0.0952. The Labute approximate surface area is 151 Å². The molecule has 0 atom stereocenters. The third-order valence-electron chi connectivity index (χ3n) is 4.02. The number of thiazole rings is 1. The zero-order valence-electron chi connectivity index (χ0n) is 13.4. The van der Waals surface area contributed by atoms with Crippen LogP contribution in [0.1, 0.15) is 22.5 Å². The van der Waals surface area contributed by atoms with Crippen LogP contribution >= 0.6 is 11.3 Å². The second kappa shape index (κ2) is 6.60. The molecule has 0 bridgehead atoms. The van der Waals surface area contributed by atoms with Crippen LogP contribution in [0.3, 0.4) is 0 Å². The number of halogens is 1. The van der Waals surface area contributed by atoms with Crippen LogP contribution in [-0.2, 0) is 0 Å². The minimum Gasteiger partial charge on any atom is -0.350 e. The van der Waals surface area contributed by atoms with E-state index in [9.17, 15) is 14.0 Å². The van der Waals surface area contributed by atoms with E-state index in [1.807, 2.05) is 0 Å². The molecule has 7 nitrogen and oxygen atoms in total. The van der Waals surface area contributed by atoms with Gasteiger partial charge >= 0.3 is 6.03 Å². The smallest absolute Gasteiger partial charge is 0.325 e. The molecule has 1 aromatic carbocycles. The van der Waals surface area contributed by atoms with Crippen LogP contribution in [0.15, 0.2) is 36.0 Å². The van der Waals surface area contributed by atoms with Crippen molar-refractivity contribution in [1.29, 1.82) is 0 Å². The van der Waals surface area contributed by atoms with Gasteiger partial charge in [0.25, 0.3) is 5.91 Å². The van der Waals surface area contributed by atoms with Crippen molar-refractivity contribution < 1.29 is 14.0 Å². The predicted octanol–water partition coefficient (Wildman–Crippen LogP) is 3.06. The Morgan fingerprint density at radius 2 is 2.27 bits per heavy atom. The predicted molar refractivity (Wildman–Crippen MR) is 97.5 cm³/mol. The van der Waals surface area contributed by atoms with Gasteiger partial charge in [-0.2, -0.15) is 0 Å². The molecule has 0 radical (unpaired) electrons. The first kappa shape index (κ1) is 16.3. The fraction of sp³-hybridized carbons (Fsp3) is 0.118. The monoisotopic (exact) mass is 371 g/mol. The number of benzene rings is 1. The average molecular weight is 371 g/mol. The Morgan fingerprint density at radius 3 is 3.08 bits per heavy atom. The molecule has 3 aromatic rings. The number of anilines is 1. The van der Waals surface area contributed by atoms with E-state index in [-0.39, 0.29) is 5.91 Å². The van der Waals surface area contributed by atoms with Gasteiger partial charge in [-0.1, -0.05) is 0 Å². The van der Waals surface area contributed by atoms with Gasteiger partial charge in [-0.25, -0.2) is 14.2 Å². The van der Waals surface area contributed by atoms with Crippen molar-refractivity contribution in [3.63, 3.8) is 0 Å². The van der Waals surface area contributed by atoms with Crippen molar-refractivity contribution in [2.24, 2.45) is 0 Å². The van der Waals surface area contributed by atoms with Gasteiger partial charge in [-0.3, -0.25) is 10.1 Å². The number of carbonyl (C=O) groups excluding carboxylic acids is 2. The summed E-state index contributed by atoms with van der Waals surface area (Å²) in [5.74, 6) is -0.648. The van der Waals surface area contributed by atoms with E-state index in [4.69, 9.17) is 0 Å². The second-order valence-electron chi connectivity index (χ2n) is 5.68. The first-order valence-electron chi connectivity index (χ1n) is 7.87. The van der Waals surface area contributed by atoms with Crippen molar-refractivity contribution in [3.8, 4) is 0 Å². The number of fused-ring (bicyclic) bond motifs is 3. The highest BCUT2D eigenvalue weighted by Gasteiger charge is 2.24. The molecule has 3 heterocycles. The number of nitrogens with one attached hydrogen (secondary N) is 4. The molecule has 1 aliphatic rings. The molecule has 2 aromatic heterocycles. The number of rotatable bonds is 2. The van der Waals surface area contributed by atoms with E-state index < -0.39 is 11.8 Å². The largest absolute Gasteiger partial charge is 0.350 e. The van der Waals surface area contributed by atoms with Crippen LogP contribution in [0, 0.1) is 5.82 Å². The first-order valence-corrected chi connectivity index (χ1v) is 8.75. The molecule has 26 heavy (non-hydrogen) atoms. The van der Waals surface area contributed by atoms with Gasteiger partial charge in [0.1, 0.15) is 11.5 Å². The molecular formula is C17H14FN5O2S. The molecule has 0 spiro atoms. The number of urea groups is 1. The number of H-pyrrole nitrogens is 1. The van der Waals surface area contributed by atoms with Gasteiger partial charge < -0.3 is 15.6 Å². The molecule has 0 saturated heterocycles. The number of amides is 3. The Bertz CT molecular complexity index is 1030. The molecule has 0 saturated carbocycles. The topological polar surface area (TPSA) is 98.9 Å². The molecule has 4 rings (SSSR count). The highest BCUT2D eigenvalue weighted by Crippen LogP contribution is 2.32. The highest BCUT2D eigenvalue weighted by molar-refractivity contribution is 7.13. The summed E-state index contributed by atoms with van der Waals surface area (Å²) in [5, 5.41) is 10.9. The van der Waals surface area contributed by atoms with E-state index in [0.717, 1.165) is 5.57 Å². The van der Waals surface area contributed by atoms with Crippen molar-refractivity contribution in [3.05, 3.63) is 53.1 Å². The van der Waals surface area contributed by atoms with Crippen LogP contribution in [0.4, 0.5) is 14.3 Å². The molecule has 4 N–H and O–H groups in total. The lowest BCUT2D eigenvalue weighted by Crippen LogP contribution is -2.24. The lowest BCUT2D eigenvalue weighted by atomic mass is 10.0. The maximum atomic E-state index is 13.7. The Morgan fingerprint density at radius 1 is 1.38 bits per heavy atom. The van der Waals surface area contributed by atoms with Crippen LogP contribution in [-0.4, -0.2) is 28.5 Å². The van der Waals surface area contributed by atoms with E-state index in [1.54, 1.807) is 23.8 Å². The summed E-state index contributed by atoms with van der Waals surface area (Å²) in [4.78, 5) is 31.3. The Hall–Kier alpha value is -3.20. The normalized spacial score (nSPS) is 15.4. The summed E-state index contributed by atoms with van der Waals surface area (Å²) in [6, 6.07) is 3.86. The number of aromatic amines is 1. The molecule has 1 aliphatic heterocycles. The summed E-state index contributed by atoms with van der Waals surface area (Å²) < 4.78 is 13.7. The Balaban J connectivity index is 1.69. The molecule has 0 aliphatic carbocycles. The minimum atomic E-state index is -0.441. The van der Waals surface area contributed by atoms with Gasteiger partial charge in [-0.15, -0.1) is 11.3 Å². The number of carbonyl (C=O) groups is 2. The molecule has 9 heteroatoms. The van der Waals surface area contributed by atoms with Gasteiger partial charge in [0.05, 0.1) is 0 Å². The number of aromatic nitrogens is 2. The van der Waals surface area contributed by atoms with Gasteiger partial charge in [0.2, 0.25) is 0 Å². The van der Waals surface area contributed by atoms with E-state index in [1.165, 1.54) is 23.5 Å². The van der Waals surface area contributed by atoms with E-state index in [2.05, 4.69) is 25.9 Å². The highest BCUT2D eigenvalue weighted by atomic mass is 32.1. The summed E-state index contributed by atoms with van der Waals surface area (Å²) in [6.45, 7) is 0.416. The molecular weight excluding hydrogens is 357 g/mol.